The summed E-state index contributed by atoms with van der Waals surface area (Å²) in [5.74, 6) is 0. The molecule has 1 atom stereocenters. The van der Waals surface area contributed by atoms with Crippen molar-refractivity contribution >= 4 is 55.9 Å². The second-order valence-electron chi connectivity index (χ2n) is 3.13. The molecule has 0 heterocycles. The lowest BCUT2D eigenvalue weighted by Gasteiger charge is -2.34. The first-order valence-corrected chi connectivity index (χ1v) is 8.67. The molecular weight excluding hydrogens is 344 g/mol. The zero-order valence-electron chi connectivity index (χ0n) is 6.08. The Morgan fingerprint density at radius 1 is 1.30 bits per heavy atom. The van der Waals surface area contributed by atoms with Gasteiger partial charge in [-0.2, -0.15) is 0 Å². The normalized spacial score (nSPS) is 19.2. The van der Waals surface area contributed by atoms with Crippen molar-refractivity contribution in [2.75, 3.05) is 0 Å². The van der Waals surface area contributed by atoms with Crippen LogP contribution in [0, 0.1) is 3.74 Å². The maximum atomic E-state index is 9.78. The molecule has 0 aromatic rings. The molecule has 0 spiro atoms. The van der Waals surface area contributed by atoms with Crippen molar-refractivity contribution in [2.24, 2.45) is 0 Å². The Labute approximate surface area is 88.0 Å². The molecule has 10 heavy (non-hydrogen) atoms. The number of hydrogen-bond acceptors (Lipinski definition) is 1. The zero-order chi connectivity index (χ0) is 8.58. The van der Waals surface area contributed by atoms with Crippen LogP contribution < -0.4 is 0 Å². The van der Waals surface area contributed by atoms with Gasteiger partial charge < -0.3 is 5.11 Å². The summed E-state index contributed by atoms with van der Waals surface area (Å²) in [4.78, 5) is 0. The number of aliphatic hydroxyl groups is 1. The van der Waals surface area contributed by atoms with E-state index in [0.717, 1.165) is 0 Å². The predicted molar refractivity (Wildman–Crippen MR) is 58.3 cm³/mol. The number of rotatable bonds is 2. The van der Waals surface area contributed by atoms with Gasteiger partial charge >= 0.3 is 0 Å². The van der Waals surface area contributed by atoms with Crippen LogP contribution in [0.1, 0.15) is 0 Å². The van der Waals surface area contributed by atoms with Crippen LogP contribution in [0.3, 0.4) is 0 Å². The quantitative estimate of drug-likeness (QED) is 0.597. The Morgan fingerprint density at radius 3 is 1.60 bits per heavy atom. The lowest BCUT2D eigenvalue weighted by atomic mass is 10.9. The molecular formula is C5H10Br3OSi. The second kappa shape index (κ2) is 3.56. The van der Waals surface area contributed by atoms with E-state index in [0.29, 0.717) is 3.74 Å². The van der Waals surface area contributed by atoms with E-state index < -0.39 is 12.2 Å². The largest absolute Gasteiger partial charge is 0.380 e. The van der Waals surface area contributed by atoms with Gasteiger partial charge in [-0.25, -0.2) is 0 Å². The average molecular weight is 354 g/mol. The Balaban J connectivity index is 4.40. The molecule has 0 aromatic carbocycles. The van der Waals surface area contributed by atoms with E-state index >= 15 is 0 Å². The monoisotopic (exact) mass is 351 g/mol. The molecule has 5 heteroatoms. The fourth-order valence-corrected chi connectivity index (χ4v) is 4.42. The van der Waals surface area contributed by atoms with Crippen LogP contribution in [-0.2, 0) is 0 Å². The van der Waals surface area contributed by atoms with Gasteiger partial charge in [-0.1, -0.05) is 67.4 Å². The molecule has 1 N–H and O–H groups in total. The summed E-state index contributed by atoms with van der Waals surface area (Å²) in [6.45, 7) is 6.22. The van der Waals surface area contributed by atoms with Crippen LogP contribution in [0.25, 0.3) is 0 Å². The maximum absolute atomic E-state index is 9.78. The fourth-order valence-electron chi connectivity index (χ4n) is 0.283. The lowest BCUT2D eigenvalue weighted by molar-refractivity contribution is 0.257. The van der Waals surface area contributed by atoms with E-state index in [2.05, 4.69) is 67.4 Å². The van der Waals surface area contributed by atoms with Crippen LogP contribution in [0.2, 0.25) is 19.6 Å². The Bertz CT molecular complexity index is 119. The van der Waals surface area contributed by atoms with Gasteiger partial charge in [0.25, 0.3) is 0 Å². The molecule has 0 rings (SSSR count). The maximum Gasteiger partial charge on any atom is 0.144 e. The fraction of sp³-hybridized carbons (Fsp3) is 0.800. The van der Waals surface area contributed by atoms with Crippen LogP contribution >= 0.6 is 47.8 Å². The van der Waals surface area contributed by atoms with E-state index in [1.165, 1.54) is 0 Å². The Hall–Kier alpha value is 1.62. The third-order valence-corrected chi connectivity index (χ3v) is 10.4. The molecule has 0 fully saturated rings. The van der Waals surface area contributed by atoms with Gasteiger partial charge in [0.05, 0.1) is 8.07 Å². The van der Waals surface area contributed by atoms with Gasteiger partial charge in [0.2, 0.25) is 0 Å². The molecule has 0 saturated heterocycles. The summed E-state index contributed by atoms with van der Waals surface area (Å²) in [6, 6.07) is 0. The lowest BCUT2D eigenvalue weighted by Crippen LogP contribution is -2.48. The molecule has 0 saturated carbocycles. The van der Waals surface area contributed by atoms with Crippen molar-refractivity contribution in [1.82, 2.24) is 0 Å². The number of hydrogen-bond donors (Lipinski definition) is 1. The van der Waals surface area contributed by atoms with E-state index in [-0.39, 0.29) is 0 Å². The molecule has 0 aromatic heterocycles. The molecule has 0 bridgehead atoms. The van der Waals surface area contributed by atoms with Gasteiger partial charge in [0.15, 0.2) is 0 Å². The SMILES string of the molecule is C[Si](C)(C)C(O)(Br)[C](Br)Br. The van der Waals surface area contributed by atoms with Crippen LogP contribution in [0.4, 0.5) is 0 Å². The molecule has 1 unspecified atom stereocenters. The summed E-state index contributed by atoms with van der Waals surface area (Å²) >= 11 is 9.66. The summed E-state index contributed by atoms with van der Waals surface area (Å²) in [5.41, 5.74) is 0. The molecule has 0 amide bonds. The third kappa shape index (κ3) is 2.59. The zero-order valence-corrected chi connectivity index (χ0v) is 11.8. The van der Waals surface area contributed by atoms with Crippen molar-refractivity contribution in [3.63, 3.8) is 0 Å². The molecule has 1 radical (unpaired) electrons. The summed E-state index contributed by atoms with van der Waals surface area (Å²) in [7, 11) is -1.61. The standard InChI is InChI=1S/C5H10Br3OSi/c1-10(2,3)5(8,9)4(6)7/h9H,1-3H3. The minimum atomic E-state index is -1.61. The van der Waals surface area contributed by atoms with Crippen molar-refractivity contribution in [2.45, 2.75) is 23.8 Å². The summed E-state index contributed by atoms with van der Waals surface area (Å²) in [5, 5.41) is 9.78. The van der Waals surface area contributed by atoms with Crippen molar-refractivity contribution < 1.29 is 5.11 Å². The smallest absolute Gasteiger partial charge is 0.144 e. The summed E-state index contributed by atoms with van der Waals surface area (Å²) < 4.78 is -0.188. The van der Waals surface area contributed by atoms with Gasteiger partial charge in [0.1, 0.15) is 7.87 Å². The molecule has 1 nitrogen and oxygen atoms in total. The highest BCUT2D eigenvalue weighted by atomic mass is 79.9. The van der Waals surface area contributed by atoms with Crippen LogP contribution in [0.5, 0.6) is 0 Å². The van der Waals surface area contributed by atoms with Crippen molar-refractivity contribution in [3.05, 3.63) is 3.74 Å². The minimum Gasteiger partial charge on any atom is -0.380 e. The highest BCUT2D eigenvalue weighted by Gasteiger charge is 2.44. The molecule has 0 aliphatic carbocycles. The van der Waals surface area contributed by atoms with Gasteiger partial charge in [-0.15, -0.1) is 0 Å². The van der Waals surface area contributed by atoms with E-state index in [9.17, 15) is 5.11 Å². The highest BCUT2D eigenvalue weighted by Crippen LogP contribution is 2.43. The Morgan fingerprint density at radius 2 is 1.60 bits per heavy atom. The van der Waals surface area contributed by atoms with E-state index in [1.807, 2.05) is 0 Å². The highest BCUT2D eigenvalue weighted by molar-refractivity contribution is 9.28. The molecule has 61 valence electrons. The van der Waals surface area contributed by atoms with Crippen molar-refractivity contribution in [1.29, 1.82) is 0 Å². The summed E-state index contributed by atoms with van der Waals surface area (Å²) in [6.07, 6.45) is 0. The first-order valence-electron chi connectivity index (χ1n) is 2.79. The third-order valence-electron chi connectivity index (χ3n) is 1.24. The first-order chi connectivity index (χ1) is 4.19. The number of halogens is 3. The average Bonchev–Trinajstić information content (AvgIpc) is 1.62. The van der Waals surface area contributed by atoms with Crippen molar-refractivity contribution in [3.8, 4) is 0 Å². The minimum absolute atomic E-state index is 0.673. The molecule has 0 aliphatic heterocycles. The topological polar surface area (TPSA) is 20.2 Å². The first kappa shape index (κ1) is 11.6. The number of alkyl halides is 1. The Kier molecular flexibility index (Phi) is 4.13. The molecule has 0 aliphatic rings. The predicted octanol–water partition coefficient (Wildman–Crippen LogP) is 3.23. The van der Waals surface area contributed by atoms with E-state index in [1.54, 1.807) is 0 Å². The van der Waals surface area contributed by atoms with Crippen LogP contribution in [-0.4, -0.2) is 17.3 Å². The van der Waals surface area contributed by atoms with Crippen LogP contribution in [0.15, 0.2) is 0 Å². The van der Waals surface area contributed by atoms with Gasteiger partial charge in [-0.3, -0.25) is 0 Å². The van der Waals surface area contributed by atoms with Gasteiger partial charge in [-0.05, 0) is 0 Å². The van der Waals surface area contributed by atoms with E-state index in [4.69, 9.17) is 0 Å². The van der Waals surface area contributed by atoms with Gasteiger partial charge in [0, 0.05) is 0 Å². The second-order valence-corrected chi connectivity index (χ2v) is 12.9.